The van der Waals surface area contributed by atoms with Gasteiger partial charge in [0.15, 0.2) is 0 Å². The largest absolute Gasteiger partial charge is 0.497 e. The topological polar surface area (TPSA) is 49.7 Å². The van der Waals surface area contributed by atoms with Crippen molar-refractivity contribution in [2.24, 2.45) is 0 Å². The molecule has 14 heavy (non-hydrogen) atoms. The normalized spacial score (nSPS) is 14.9. The van der Waals surface area contributed by atoms with Gasteiger partial charge in [0.2, 0.25) is 0 Å². The highest BCUT2D eigenvalue weighted by molar-refractivity contribution is 5.28. The Hall–Kier alpha value is -1.06. The van der Waals surface area contributed by atoms with Gasteiger partial charge in [0, 0.05) is 6.42 Å². The molecule has 0 fully saturated rings. The van der Waals surface area contributed by atoms with E-state index in [1.807, 2.05) is 24.3 Å². The number of aliphatic hydroxyl groups is 2. The van der Waals surface area contributed by atoms with E-state index in [0.29, 0.717) is 6.42 Å². The average molecular weight is 196 g/mol. The highest BCUT2D eigenvalue weighted by Crippen LogP contribution is 2.14. The van der Waals surface area contributed by atoms with Crippen molar-refractivity contribution >= 4 is 0 Å². The van der Waals surface area contributed by atoms with E-state index in [9.17, 15) is 5.11 Å². The Labute approximate surface area is 84.0 Å². The van der Waals surface area contributed by atoms with E-state index in [2.05, 4.69) is 0 Å². The third kappa shape index (κ3) is 3.01. The molecule has 78 valence electrons. The lowest BCUT2D eigenvalue weighted by Crippen LogP contribution is -2.24. The second-order valence-electron chi connectivity index (χ2n) is 3.36. The molecule has 0 aliphatic heterocycles. The maximum atomic E-state index is 9.45. The van der Waals surface area contributed by atoms with Crippen molar-refractivity contribution in [1.82, 2.24) is 0 Å². The van der Waals surface area contributed by atoms with Crippen molar-refractivity contribution in [3.05, 3.63) is 29.8 Å². The van der Waals surface area contributed by atoms with E-state index >= 15 is 0 Å². The van der Waals surface area contributed by atoms with Crippen LogP contribution in [0.15, 0.2) is 24.3 Å². The maximum Gasteiger partial charge on any atom is 0.119 e. The number of aliphatic hydroxyl groups excluding tert-OH is 2. The molecule has 0 spiro atoms. The van der Waals surface area contributed by atoms with E-state index in [1.54, 1.807) is 14.0 Å². The van der Waals surface area contributed by atoms with Crippen molar-refractivity contribution in [1.29, 1.82) is 0 Å². The van der Waals surface area contributed by atoms with E-state index in [4.69, 9.17) is 9.84 Å². The molecule has 1 rings (SSSR count). The number of benzene rings is 1. The molecule has 2 N–H and O–H groups in total. The van der Waals surface area contributed by atoms with Gasteiger partial charge in [0.1, 0.15) is 5.75 Å². The van der Waals surface area contributed by atoms with E-state index in [-0.39, 0.29) is 0 Å². The third-order valence-corrected chi connectivity index (χ3v) is 2.14. The molecule has 2 atom stereocenters. The van der Waals surface area contributed by atoms with Crippen molar-refractivity contribution in [3.63, 3.8) is 0 Å². The number of hydrogen-bond acceptors (Lipinski definition) is 3. The number of rotatable bonds is 4. The van der Waals surface area contributed by atoms with Crippen LogP contribution in [0.3, 0.4) is 0 Å². The summed E-state index contributed by atoms with van der Waals surface area (Å²) in [6.45, 7) is 1.57. The Morgan fingerprint density at radius 2 is 2.07 bits per heavy atom. The number of ether oxygens (including phenoxy) is 1. The molecular formula is C11H16O3. The summed E-state index contributed by atoms with van der Waals surface area (Å²) in [4.78, 5) is 0. The van der Waals surface area contributed by atoms with Crippen LogP contribution in [0, 0.1) is 0 Å². The first-order valence-electron chi connectivity index (χ1n) is 4.62. The quantitative estimate of drug-likeness (QED) is 0.754. The fraction of sp³-hybridized carbons (Fsp3) is 0.455. The molecule has 2 unspecified atom stereocenters. The molecule has 0 aromatic heterocycles. The third-order valence-electron chi connectivity index (χ3n) is 2.14. The molecule has 0 bridgehead atoms. The molecule has 0 heterocycles. The summed E-state index contributed by atoms with van der Waals surface area (Å²) >= 11 is 0. The van der Waals surface area contributed by atoms with E-state index in [1.165, 1.54) is 0 Å². The maximum absolute atomic E-state index is 9.45. The Morgan fingerprint density at radius 3 is 2.64 bits per heavy atom. The van der Waals surface area contributed by atoms with Crippen LogP contribution in [0.2, 0.25) is 0 Å². The highest BCUT2D eigenvalue weighted by atomic mass is 16.5. The SMILES string of the molecule is COc1cccc(CC(O)C(C)O)c1. The van der Waals surface area contributed by atoms with Gasteiger partial charge in [-0.1, -0.05) is 12.1 Å². The first kappa shape index (κ1) is 11.0. The van der Waals surface area contributed by atoms with Crippen LogP contribution < -0.4 is 4.74 Å². The minimum Gasteiger partial charge on any atom is -0.497 e. The minimum atomic E-state index is -0.720. The summed E-state index contributed by atoms with van der Waals surface area (Å²) in [6, 6.07) is 7.46. The first-order chi connectivity index (χ1) is 6.63. The molecular weight excluding hydrogens is 180 g/mol. The van der Waals surface area contributed by atoms with Crippen LogP contribution in [-0.4, -0.2) is 29.5 Å². The summed E-state index contributed by atoms with van der Waals surface area (Å²) in [6.07, 6.45) is -0.988. The monoisotopic (exact) mass is 196 g/mol. The van der Waals surface area contributed by atoms with E-state index < -0.39 is 12.2 Å². The van der Waals surface area contributed by atoms with Crippen LogP contribution in [-0.2, 0) is 6.42 Å². The molecule has 3 nitrogen and oxygen atoms in total. The van der Waals surface area contributed by atoms with E-state index in [0.717, 1.165) is 11.3 Å². The summed E-state index contributed by atoms with van der Waals surface area (Å²) in [7, 11) is 1.60. The zero-order chi connectivity index (χ0) is 10.6. The number of methoxy groups -OCH3 is 1. The first-order valence-corrected chi connectivity index (χ1v) is 4.62. The molecule has 0 saturated heterocycles. The van der Waals surface area contributed by atoms with Gasteiger partial charge < -0.3 is 14.9 Å². The smallest absolute Gasteiger partial charge is 0.119 e. The molecule has 0 aliphatic carbocycles. The molecule has 3 heteroatoms. The van der Waals surface area contributed by atoms with Crippen molar-refractivity contribution in [2.75, 3.05) is 7.11 Å². The standard InChI is InChI=1S/C11H16O3/c1-8(12)11(13)7-9-4-3-5-10(6-9)14-2/h3-6,8,11-13H,7H2,1-2H3. The molecule has 1 aromatic rings. The molecule has 1 aromatic carbocycles. The van der Waals surface area contributed by atoms with Gasteiger partial charge in [-0.2, -0.15) is 0 Å². The number of hydrogen-bond donors (Lipinski definition) is 2. The van der Waals surface area contributed by atoms with Crippen molar-refractivity contribution in [3.8, 4) is 5.75 Å². The predicted octanol–water partition coefficient (Wildman–Crippen LogP) is 0.979. The fourth-order valence-electron chi connectivity index (χ4n) is 1.21. The minimum absolute atomic E-state index is 0.439. The highest BCUT2D eigenvalue weighted by Gasteiger charge is 2.11. The molecule has 0 amide bonds. The van der Waals surface area contributed by atoms with Gasteiger partial charge in [-0.25, -0.2) is 0 Å². The summed E-state index contributed by atoms with van der Waals surface area (Å²) in [5, 5.41) is 18.6. The predicted molar refractivity (Wildman–Crippen MR) is 54.4 cm³/mol. The molecule has 0 aliphatic rings. The Balaban J connectivity index is 2.66. The Kier molecular flexibility index (Phi) is 3.92. The molecule has 0 radical (unpaired) electrons. The Morgan fingerprint density at radius 1 is 1.36 bits per heavy atom. The second-order valence-corrected chi connectivity index (χ2v) is 3.36. The zero-order valence-electron chi connectivity index (χ0n) is 8.47. The Bertz CT molecular complexity index is 284. The van der Waals surface area contributed by atoms with Gasteiger partial charge in [-0.3, -0.25) is 0 Å². The van der Waals surface area contributed by atoms with Crippen LogP contribution in [0.1, 0.15) is 12.5 Å². The van der Waals surface area contributed by atoms with Gasteiger partial charge in [0.25, 0.3) is 0 Å². The van der Waals surface area contributed by atoms with Gasteiger partial charge in [-0.15, -0.1) is 0 Å². The lowest BCUT2D eigenvalue weighted by molar-refractivity contribution is 0.0319. The van der Waals surface area contributed by atoms with Gasteiger partial charge in [0.05, 0.1) is 19.3 Å². The zero-order valence-corrected chi connectivity index (χ0v) is 8.47. The lowest BCUT2D eigenvalue weighted by Gasteiger charge is -2.13. The van der Waals surface area contributed by atoms with Crippen LogP contribution in [0.4, 0.5) is 0 Å². The second kappa shape index (κ2) is 4.98. The summed E-state index contributed by atoms with van der Waals surface area (Å²) in [5.74, 6) is 0.764. The van der Waals surface area contributed by atoms with Gasteiger partial charge >= 0.3 is 0 Å². The van der Waals surface area contributed by atoms with Crippen LogP contribution in [0.5, 0.6) is 5.75 Å². The summed E-state index contributed by atoms with van der Waals surface area (Å²) < 4.78 is 5.05. The summed E-state index contributed by atoms with van der Waals surface area (Å²) in [5.41, 5.74) is 0.956. The van der Waals surface area contributed by atoms with Crippen molar-refractivity contribution in [2.45, 2.75) is 25.6 Å². The molecule has 0 saturated carbocycles. The average Bonchev–Trinajstić information content (AvgIpc) is 2.18. The van der Waals surface area contributed by atoms with Crippen molar-refractivity contribution < 1.29 is 14.9 Å². The fourth-order valence-corrected chi connectivity index (χ4v) is 1.21. The van der Waals surface area contributed by atoms with Crippen LogP contribution >= 0.6 is 0 Å². The van der Waals surface area contributed by atoms with Crippen LogP contribution in [0.25, 0.3) is 0 Å². The lowest BCUT2D eigenvalue weighted by atomic mass is 10.0. The van der Waals surface area contributed by atoms with Gasteiger partial charge in [-0.05, 0) is 24.6 Å².